The molecule has 0 aliphatic heterocycles. The molecule has 0 bridgehead atoms. The predicted molar refractivity (Wildman–Crippen MR) is 80.9 cm³/mol. The Morgan fingerprint density at radius 2 is 1.94 bits per heavy atom. The number of para-hydroxylation sites is 2. The standard InChI is InChI=1S/C14H11BrN2S/c1-9-6-7-10(15)8-13(9)17-12-5-3-2-4-11(12)16-14(17)18/h2-8H,1H3,(H,16,18). The van der Waals surface area contributed by atoms with Crippen LogP contribution >= 0.6 is 28.1 Å². The summed E-state index contributed by atoms with van der Waals surface area (Å²) in [7, 11) is 0. The molecule has 1 N–H and O–H groups in total. The Balaban J connectivity index is 2.41. The number of benzene rings is 2. The third kappa shape index (κ3) is 1.82. The molecule has 0 aliphatic rings. The lowest BCUT2D eigenvalue weighted by Crippen LogP contribution is -1.96. The topological polar surface area (TPSA) is 20.7 Å². The Kier molecular flexibility index (Phi) is 2.84. The lowest BCUT2D eigenvalue weighted by atomic mass is 10.2. The summed E-state index contributed by atoms with van der Waals surface area (Å²) in [6.07, 6.45) is 0. The molecule has 4 heteroatoms. The summed E-state index contributed by atoms with van der Waals surface area (Å²) in [4.78, 5) is 3.23. The Morgan fingerprint density at radius 1 is 1.17 bits per heavy atom. The molecule has 0 spiro atoms. The summed E-state index contributed by atoms with van der Waals surface area (Å²) >= 11 is 8.94. The molecular weight excluding hydrogens is 308 g/mol. The molecule has 2 aromatic carbocycles. The maximum Gasteiger partial charge on any atom is 0.182 e. The summed E-state index contributed by atoms with van der Waals surface area (Å²) < 4.78 is 3.85. The van der Waals surface area contributed by atoms with E-state index >= 15 is 0 Å². The number of halogens is 1. The molecule has 0 atom stereocenters. The van der Waals surface area contributed by atoms with Crippen molar-refractivity contribution in [2.75, 3.05) is 0 Å². The van der Waals surface area contributed by atoms with Crippen molar-refractivity contribution in [3.05, 3.63) is 57.3 Å². The first-order chi connectivity index (χ1) is 8.66. The molecule has 3 aromatic rings. The van der Waals surface area contributed by atoms with E-state index in [4.69, 9.17) is 12.2 Å². The van der Waals surface area contributed by atoms with Gasteiger partial charge in [-0.15, -0.1) is 0 Å². The zero-order valence-electron chi connectivity index (χ0n) is 9.77. The van der Waals surface area contributed by atoms with E-state index in [1.807, 2.05) is 24.3 Å². The molecule has 90 valence electrons. The predicted octanol–water partition coefficient (Wildman–Crippen LogP) is 4.76. The number of fused-ring (bicyclic) bond motifs is 1. The Morgan fingerprint density at radius 3 is 2.78 bits per heavy atom. The van der Waals surface area contributed by atoms with Crippen LogP contribution in [0.3, 0.4) is 0 Å². The van der Waals surface area contributed by atoms with Crippen LogP contribution in [0.15, 0.2) is 46.9 Å². The molecule has 18 heavy (non-hydrogen) atoms. The summed E-state index contributed by atoms with van der Waals surface area (Å²) in [6, 6.07) is 14.4. The van der Waals surface area contributed by atoms with Gasteiger partial charge in [0.1, 0.15) is 0 Å². The average Bonchev–Trinajstić information content (AvgIpc) is 2.68. The fraction of sp³-hybridized carbons (Fsp3) is 0.0714. The fourth-order valence-electron chi connectivity index (χ4n) is 2.12. The highest BCUT2D eigenvalue weighted by Crippen LogP contribution is 2.24. The van der Waals surface area contributed by atoms with Crippen LogP contribution < -0.4 is 0 Å². The highest BCUT2D eigenvalue weighted by Gasteiger charge is 2.08. The van der Waals surface area contributed by atoms with Crippen LogP contribution in [0.5, 0.6) is 0 Å². The van der Waals surface area contributed by atoms with E-state index in [0.717, 1.165) is 26.0 Å². The number of H-pyrrole nitrogens is 1. The van der Waals surface area contributed by atoms with E-state index in [1.165, 1.54) is 5.56 Å². The number of aromatic amines is 1. The zero-order valence-corrected chi connectivity index (χ0v) is 12.2. The molecule has 0 unspecified atom stereocenters. The van der Waals surface area contributed by atoms with Gasteiger partial charge in [-0.2, -0.15) is 0 Å². The first-order valence-corrected chi connectivity index (χ1v) is 6.83. The van der Waals surface area contributed by atoms with E-state index in [1.54, 1.807) is 0 Å². The summed E-state index contributed by atoms with van der Waals surface area (Å²) in [5.41, 5.74) is 4.46. The largest absolute Gasteiger partial charge is 0.330 e. The molecule has 3 rings (SSSR count). The molecule has 2 nitrogen and oxygen atoms in total. The smallest absolute Gasteiger partial charge is 0.182 e. The molecule has 0 aliphatic carbocycles. The SMILES string of the molecule is Cc1ccc(Br)cc1-n1c(=S)[nH]c2ccccc21. The highest BCUT2D eigenvalue weighted by atomic mass is 79.9. The van der Waals surface area contributed by atoms with Gasteiger partial charge in [0.25, 0.3) is 0 Å². The van der Waals surface area contributed by atoms with Gasteiger partial charge in [0.05, 0.1) is 16.7 Å². The van der Waals surface area contributed by atoms with Crippen molar-refractivity contribution >= 4 is 39.2 Å². The third-order valence-electron chi connectivity index (χ3n) is 3.00. The molecule has 0 amide bonds. The maximum absolute atomic E-state index is 5.43. The second kappa shape index (κ2) is 4.37. The fourth-order valence-corrected chi connectivity index (χ4v) is 2.77. The highest BCUT2D eigenvalue weighted by molar-refractivity contribution is 9.10. The normalized spacial score (nSPS) is 11.0. The van der Waals surface area contributed by atoms with Gasteiger partial charge in [-0.25, -0.2) is 0 Å². The Hall–Kier alpha value is -1.39. The van der Waals surface area contributed by atoms with Gasteiger partial charge in [-0.3, -0.25) is 4.57 Å². The van der Waals surface area contributed by atoms with Gasteiger partial charge in [0.15, 0.2) is 4.77 Å². The average molecular weight is 319 g/mol. The van der Waals surface area contributed by atoms with Crippen LogP contribution in [0, 0.1) is 11.7 Å². The number of aryl methyl sites for hydroxylation is 1. The molecule has 0 radical (unpaired) electrons. The number of aromatic nitrogens is 2. The van der Waals surface area contributed by atoms with Crippen LogP contribution in [0.1, 0.15) is 5.56 Å². The summed E-state index contributed by atoms with van der Waals surface area (Å²) in [5.74, 6) is 0. The number of nitrogens with zero attached hydrogens (tertiary/aromatic N) is 1. The molecular formula is C14H11BrN2S. The molecule has 0 saturated carbocycles. The quantitative estimate of drug-likeness (QED) is 0.641. The minimum absolute atomic E-state index is 0.720. The van der Waals surface area contributed by atoms with Gasteiger partial charge >= 0.3 is 0 Å². The van der Waals surface area contributed by atoms with Crippen molar-refractivity contribution < 1.29 is 0 Å². The van der Waals surface area contributed by atoms with Gasteiger partial charge in [0, 0.05) is 4.47 Å². The molecule has 1 aromatic heterocycles. The summed E-state index contributed by atoms with van der Waals surface area (Å²) in [5, 5.41) is 0. The second-order valence-corrected chi connectivity index (χ2v) is 5.52. The lowest BCUT2D eigenvalue weighted by Gasteiger charge is -2.08. The van der Waals surface area contributed by atoms with Crippen molar-refractivity contribution in [1.29, 1.82) is 0 Å². The maximum atomic E-state index is 5.43. The van der Waals surface area contributed by atoms with Crippen LogP contribution in [-0.4, -0.2) is 9.55 Å². The van der Waals surface area contributed by atoms with E-state index in [0.29, 0.717) is 0 Å². The zero-order chi connectivity index (χ0) is 12.7. The van der Waals surface area contributed by atoms with E-state index in [-0.39, 0.29) is 0 Å². The Labute approximate surface area is 118 Å². The first-order valence-electron chi connectivity index (χ1n) is 5.63. The van der Waals surface area contributed by atoms with Crippen LogP contribution in [0.25, 0.3) is 16.7 Å². The van der Waals surface area contributed by atoms with Crippen LogP contribution in [-0.2, 0) is 0 Å². The lowest BCUT2D eigenvalue weighted by molar-refractivity contribution is 1.05. The number of rotatable bonds is 1. The third-order valence-corrected chi connectivity index (χ3v) is 3.78. The van der Waals surface area contributed by atoms with E-state index < -0.39 is 0 Å². The number of hydrogen-bond donors (Lipinski definition) is 1. The van der Waals surface area contributed by atoms with Crippen LogP contribution in [0.2, 0.25) is 0 Å². The molecule has 0 saturated heterocycles. The minimum Gasteiger partial charge on any atom is -0.330 e. The van der Waals surface area contributed by atoms with Crippen molar-refractivity contribution in [1.82, 2.24) is 9.55 Å². The minimum atomic E-state index is 0.720. The van der Waals surface area contributed by atoms with E-state index in [9.17, 15) is 0 Å². The van der Waals surface area contributed by atoms with Crippen molar-refractivity contribution in [2.24, 2.45) is 0 Å². The van der Waals surface area contributed by atoms with Crippen LogP contribution in [0.4, 0.5) is 0 Å². The summed E-state index contributed by atoms with van der Waals surface area (Å²) in [6.45, 7) is 2.09. The monoisotopic (exact) mass is 318 g/mol. The number of nitrogens with one attached hydrogen (secondary N) is 1. The van der Waals surface area contributed by atoms with Gasteiger partial charge in [-0.05, 0) is 49.0 Å². The number of hydrogen-bond acceptors (Lipinski definition) is 1. The molecule has 0 fully saturated rings. The first kappa shape index (κ1) is 11.7. The van der Waals surface area contributed by atoms with Crippen molar-refractivity contribution in [3.8, 4) is 5.69 Å². The number of imidazole rings is 1. The second-order valence-electron chi connectivity index (χ2n) is 4.21. The van der Waals surface area contributed by atoms with E-state index in [2.05, 4.69) is 50.6 Å². The van der Waals surface area contributed by atoms with Gasteiger partial charge in [0.2, 0.25) is 0 Å². The van der Waals surface area contributed by atoms with Crippen molar-refractivity contribution in [2.45, 2.75) is 6.92 Å². The van der Waals surface area contributed by atoms with Gasteiger partial charge in [-0.1, -0.05) is 34.1 Å². The molecule has 1 heterocycles. The Bertz CT molecular complexity index is 786. The van der Waals surface area contributed by atoms with Gasteiger partial charge < -0.3 is 4.98 Å². The van der Waals surface area contributed by atoms with Crippen molar-refractivity contribution in [3.63, 3.8) is 0 Å².